The zero-order valence-corrected chi connectivity index (χ0v) is 14.3. The standard InChI is InChI=1S/C16H22N6O3/c1-3-4-22-10(2)12(6-18-22)16(25)21-8-11(5-15(23)24)13(9-21)14-7-17-20-19-14/h6-7,11,13H,3-5,8-9H2,1-2H3,(H,23,24)(H,17,19,20). The van der Waals surface area contributed by atoms with Crippen LogP contribution in [0.5, 0.6) is 0 Å². The van der Waals surface area contributed by atoms with Gasteiger partial charge in [0.25, 0.3) is 5.91 Å². The second-order valence-corrected chi connectivity index (χ2v) is 6.44. The Morgan fingerprint density at radius 1 is 1.36 bits per heavy atom. The fraction of sp³-hybridized carbons (Fsp3) is 0.562. The summed E-state index contributed by atoms with van der Waals surface area (Å²) in [5.74, 6) is -1.30. The Kier molecular flexibility index (Phi) is 4.82. The van der Waals surface area contributed by atoms with Crippen molar-refractivity contribution in [3.05, 3.63) is 29.3 Å². The van der Waals surface area contributed by atoms with Gasteiger partial charge < -0.3 is 10.0 Å². The third-order valence-corrected chi connectivity index (χ3v) is 4.75. The number of H-pyrrole nitrogens is 1. The van der Waals surface area contributed by atoms with E-state index in [4.69, 9.17) is 0 Å². The molecule has 1 amide bonds. The number of aliphatic carboxylic acids is 1. The van der Waals surface area contributed by atoms with Crippen molar-refractivity contribution in [2.45, 2.75) is 39.2 Å². The molecule has 134 valence electrons. The van der Waals surface area contributed by atoms with Crippen molar-refractivity contribution >= 4 is 11.9 Å². The molecule has 1 aliphatic heterocycles. The van der Waals surface area contributed by atoms with Gasteiger partial charge in [0.1, 0.15) is 0 Å². The molecular weight excluding hydrogens is 324 g/mol. The first-order valence-electron chi connectivity index (χ1n) is 8.40. The van der Waals surface area contributed by atoms with Gasteiger partial charge in [-0.3, -0.25) is 14.3 Å². The van der Waals surface area contributed by atoms with E-state index in [0.717, 1.165) is 18.7 Å². The molecule has 2 unspecified atom stereocenters. The Morgan fingerprint density at radius 3 is 2.80 bits per heavy atom. The highest BCUT2D eigenvalue weighted by molar-refractivity contribution is 5.95. The number of aryl methyl sites for hydroxylation is 1. The Morgan fingerprint density at radius 2 is 2.16 bits per heavy atom. The van der Waals surface area contributed by atoms with E-state index >= 15 is 0 Å². The van der Waals surface area contributed by atoms with Gasteiger partial charge in [0.05, 0.1) is 30.1 Å². The van der Waals surface area contributed by atoms with Crippen LogP contribution in [0.1, 0.15) is 47.4 Å². The van der Waals surface area contributed by atoms with Crippen LogP contribution in [-0.2, 0) is 11.3 Å². The third-order valence-electron chi connectivity index (χ3n) is 4.75. The first-order chi connectivity index (χ1) is 12.0. The van der Waals surface area contributed by atoms with Gasteiger partial charge in [-0.05, 0) is 19.3 Å². The number of carboxylic acids is 1. The maximum absolute atomic E-state index is 12.9. The second-order valence-electron chi connectivity index (χ2n) is 6.44. The van der Waals surface area contributed by atoms with Crippen molar-refractivity contribution in [3.63, 3.8) is 0 Å². The van der Waals surface area contributed by atoms with E-state index in [0.29, 0.717) is 24.3 Å². The maximum atomic E-state index is 12.9. The van der Waals surface area contributed by atoms with Crippen LogP contribution in [0.25, 0.3) is 0 Å². The van der Waals surface area contributed by atoms with Gasteiger partial charge in [0.2, 0.25) is 0 Å². The Balaban J connectivity index is 1.80. The summed E-state index contributed by atoms with van der Waals surface area (Å²) < 4.78 is 1.83. The molecule has 0 radical (unpaired) electrons. The van der Waals surface area contributed by atoms with Gasteiger partial charge in [-0.1, -0.05) is 6.92 Å². The molecule has 1 aliphatic rings. The number of aromatic amines is 1. The average Bonchev–Trinajstić information content (AvgIpc) is 3.28. The summed E-state index contributed by atoms with van der Waals surface area (Å²) in [6.07, 6.45) is 4.13. The lowest BCUT2D eigenvalue weighted by Gasteiger charge is -2.16. The first-order valence-corrected chi connectivity index (χ1v) is 8.40. The lowest BCUT2D eigenvalue weighted by molar-refractivity contribution is -0.138. The number of carbonyl (C=O) groups is 2. The Labute approximate surface area is 145 Å². The molecule has 0 spiro atoms. The van der Waals surface area contributed by atoms with Crippen molar-refractivity contribution in [1.82, 2.24) is 30.1 Å². The van der Waals surface area contributed by atoms with Gasteiger partial charge >= 0.3 is 5.97 Å². The number of nitrogens with zero attached hydrogens (tertiary/aromatic N) is 5. The lowest BCUT2D eigenvalue weighted by Crippen LogP contribution is -2.29. The molecule has 2 aromatic rings. The number of hydrogen-bond donors (Lipinski definition) is 2. The number of hydrogen-bond acceptors (Lipinski definition) is 5. The van der Waals surface area contributed by atoms with Gasteiger partial charge in [-0.15, -0.1) is 0 Å². The second kappa shape index (κ2) is 7.04. The molecule has 25 heavy (non-hydrogen) atoms. The van der Waals surface area contributed by atoms with Crippen LogP contribution < -0.4 is 0 Å². The summed E-state index contributed by atoms with van der Waals surface area (Å²) in [6, 6.07) is 0. The smallest absolute Gasteiger partial charge is 0.303 e. The van der Waals surface area contributed by atoms with Gasteiger partial charge in [0.15, 0.2) is 0 Å². The van der Waals surface area contributed by atoms with Crippen LogP contribution in [-0.4, -0.2) is 60.2 Å². The first kappa shape index (κ1) is 17.1. The van der Waals surface area contributed by atoms with E-state index in [-0.39, 0.29) is 24.2 Å². The Hall–Kier alpha value is -2.71. The van der Waals surface area contributed by atoms with Crippen LogP contribution >= 0.6 is 0 Å². The van der Waals surface area contributed by atoms with Crippen molar-refractivity contribution < 1.29 is 14.7 Å². The molecule has 2 atom stereocenters. The zero-order valence-electron chi connectivity index (χ0n) is 14.3. The fourth-order valence-corrected chi connectivity index (χ4v) is 3.46. The molecule has 2 N–H and O–H groups in total. The van der Waals surface area contributed by atoms with E-state index in [2.05, 4.69) is 27.4 Å². The predicted molar refractivity (Wildman–Crippen MR) is 88.0 cm³/mol. The van der Waals surface area contributed by atoms with Crippen LogP contribution in [0.15, 0.2) is 12.4 Å². The fourth-order valence-electron chi connectivity index (χ4n) is 3.46. The Bertz CT molecular complexity index is 754. The van der Waals surface area contributed by atoms with Crippen LogP contribution in [0, 0.1) is 12.8 Å². The minimum absolute atomic E-state index is 0.00458. The molecule has 1 fully saturated rings. The molecule has 1 saturated heterocycles. The maximum Gasteiger partial charge on any atom is 0.303 e. The molecule has 0 aliphatic carbocycles. The van der Waals surface area contributed by atoms with E-state index in [1.165, 1.54) is 0 Å². The molecule has 2 aromatic heterocycles. The minimum atomic E-state index is -0.875. The molecule has 0 saturated carbocycles. The molecule has 3 rings (SSSR count). The van der Waals surface area contributed by atoms with E-state index in [9.17, 15) is 14.7 Å². The summed E-state index contributed by atoms with van der Waals surface area (Å²) in [7, 11) is 0. The summed E-state index contributed by atoms with van der Waals surface area (Å²) in [5.41, 5.74) is 2.11. The number of nitrogens with one attached hydrogen (secondary N) is 1. The number of likely N-dealkylation sites (tertiary alicyclic amines) is 1. The summed E-state index contributed by atoms with van der Waals surface area (Å²) >= 11 is 0. The highest BCUT2D eigenvalue weighted by Crippen LogP contribution is 2.34. The lowest BCUT2D eigenvalue weighted by atomic mass is 9.91. The number of rotatable bonds is 6. The number of carbonyl (C=O) groups excluding carboxylic acids is 1. The summed E-state index contributed by atoms with van der Waals surface area (Å²) in [4.78, 5) is 25.8. The van der Waals surface area contributed by atoms with E-state index in [1.807, 2.05) is 11.6 Å². The number of amides is 1. The minimum Gasteiger partial charge on any atom is -0.481 e. The van der Waals surface area contributed by atoms with Crippen LogP contribution in [0.2, 0.25) is 0 Å². The van der Waals surface area contributed by atoms with E-state index < -0.39 is 5.97 Å². The van der Waals surface area contributed by atoms with Crippen LogP contribution in [0.3, 0.4) is 0 Å². The molecule has 9 heteroatoms. The van der Waals surface area contributed by atoms with Gasteiger partial charge in [0, 0.05) is 31.2 Å². The summed E-state index contributed by atoms with van der Waals surface area (Å²) in [5, 5.41) is 23.9. The number of carboxylic acid groups (broad SMARTS) is 1. The van der Waals surface area contributed by atoms with Gasteiger partial charge in [-0.25, -0.2) is 0 Å². The zero-order chi connectivity index (χ0) is 18.0. The normalized spacial score (nSPS) is 20.2. The predicted octanol–water partition coefficient (Wildman–Crippen LogP) is 1.05. The molecule has 0 aromatic carbocycles. The van der Waals surface area contributed by atoms with Crippen molar-refractivity contribution in [2.75, 3.05) is 13.1 Å². The topological polar surface area (TPSA) is 117 Å². The van der Waals surface area contributed by atoms with Crippen molar-refractivity contribution in [2.24, 2.45) is 5.92 Å². The largest absolute Gasteiger partial charge is 0.481 e. The molecule has 0 bridgehead atoms. The highest BCUT2D eigenvalue weighted by Gasteiger charge is 2.39. The molecule has 3 heterocycles. The van der Waals surface area contributed by atoms with E-state index in [1.54, 1.807) is 17.3 Å². The quantitative estimate of drug-likeness (QED) is 0.807. The monoisotopic (exact) mass is 346 g/mol. The average molecular weight is 346 g/mol. The van der Waals surface area contributed by atoms with Crippen LogP contribution in [0.4, 0.5) is 0 Å². The molecule has 9 nitrogen and oxygen atoms in total. The highest BCUT2D eigenvalue weighted by atomic mass is 16.4. The van der Waals surface area contributed by atoms with Gasteiger partial charge in [-0.2, -0.15) is 20.5 Å². The number of aromatic nitrogens is 5. The molecular formula is C16H22N6O3. The SMILES string of the molecule is CCCn1ncc(C(=O)N2CC(CC(=O)O)C(c3cn[nH]n3)C2)c1C. The van der Waals surface area contributed by atoms with Crippen molar-refractivity contribution in [1.29, 1.82) is 0 Å². The van der Waals surface area contributed by atoms with Crippen molar-refractivity contribution in [3.8, 4) is 0 Å². The third kappa shape index (κ3) is 3.40. The summed E-state index contributed by atoms with van der Waals surface area (Å²) in [6.45, 7) is 5.53.